The fourth-order valence-electron chi connectivity index (χ4n) is 2.47. The molecule has 0 aliphatic rings. The molecule has 0 fully saturated rings. The first-order chi connectivity index (χ1) is 10.7. The standard InChI is InChI=1S/C19H36O3/c1-3-5-7-9-10-11-12-14-16-22-19(21)17-18(20)15-13-8-6-4-2/h3-17H2,1-2H3. The highest BCUT2D eigenvalue weighted by atomic mass is 16.5. The summed E-state index contributed by atoms with van der Waals surface area (Å²) < 4.78 is 5.13. The van der Waals surface area contributed by atoms with E-state index in [1.165, 1.54) is 38.5 Å². The van der Waals surface area contributed by atoms with Gasteiger partial charge in [-0.25, -0.2) is 0 Å². The Labute approximate surface area is 137 Å². The Morgan fingerprint density at radius 3 is 1.77 bits per heavy atom. The van der Waals surface area contributed by atoms with Crippen LogP contribution < -0.4 is 0 Å². The van der Waals surface area contributed by atoms with E-state index >= 15 is 0 Å². The molecule has 0 rings (SSSR count). The summed E-state index contributed by atoms with van der Waals surface area (Å²) in [7, 11) is 0. The number of ketones is 1. The Bertz CT molecular complexity index is 274. The molecule has 0 aliphatic heterocycles. The molecule has 0 saturated carbocycles. The van der Waals surface area contributed by atoms with Crippen LogP contribution in [0.3, 0.4) is 0 Å². The van der Waals surface area contributed by atoms with Gasteiger partial charge < -0.3 is 4.74 Å². The Morgan fingerprint density at radius 1 is 0.682 bits per heavy atom. The summed E-state index contributed by atoms with van der Waals surface area (Å²) in [6, 6.07) is 0. The average Bonchev–Trinajstić information content (AvgIpc) is 2.50. The molecule has 3 heteroatoms. The summed E-state index contributed by atoms with van der Waals surface area (Å²) in [5.74, 6) is -0.319. The van der Waals surface area contributed by atoms with Crippen molar-refractivity contribution < 1.29 is 14.3 Å². The van der Waals surface area contributed by atoms with Gasteiger partial charge in [-0.15, -0.1) is 0 Å². The van der Waals surface area contributed by atoms with Gasteiger partial charge in [0.25, 0.3) is 0 Å². The zero-order chi connectivity index (χ0) is 16.5. The van der Waals surface area contributed by atoms with Crippen LogP contribution in [0.15, 0.2) is 0 Å². The monoisotopic (exact) mass is 312 g/mol. The number of carbonyl (C=O) groups is 2. The van der Waals surface area contributed by atoms with Crippen LogP contribution in [0, 0.1) is 0 Å². The third-order valence-corrected chi connectivity index (χ3v) is 3.91. The van der Waals surface area contributed by atoms with E-state index in [0.717, 1.165) is 38.5 Å². The second kappa shape index (κ2) is 16.5. The van der Waals surface area contributed by atoms with E-state index in [1.54, 1.807) is 0 Å². The summed E-state index contributed by atoms with van der Waals surface area (Å²) in [5.41, 5.74) is 0. The van der Waals surface area contributed by atoms with Gasteiger partial charge in [0.05, 0.1) is 6.61 Å². The molecule has 0 aromatic carbocycles. The van der Waals surface area contributed by atoms with Gasteiger partial charge in [-0.1, -0.05) is 78.1 Å². The fraction of sp³-hybridized carbons (Fsp3) is 0.895. The van der Waals surface area contributed by atoms with Crippen molar-refractivity contribution in [3.63, 3.8) is 0 Å². The molecule has 0 heterocycles. The van der Waals surface area contributed by atoms with E-state index in [-0.39, 0.29) is 18.2 Å². The van der Waals surface area contributed by atoms with Crippen molar-refractivity contribution >= 4 is 11.8 Å². The van der Waals surface area contributed by atoms with Crippen LogP contribution in [0.1, 0.15) is 104 Å². The first-order valence-corrected chi connectivity index (χ1v) is 9.38. The zero-order valence-corrected chi connectivity index (χ0v) is 14.8. The summed E-state index contributed by atoms with van der Waals surface area (Å²) in [4.78, 5) is 23.1. The lowest BCUT2D eigenvalue weighted by molar-refractivity contribution is -0.146. The largest absolute Gasteiger partial charge is 0.465 e. The second-order valence-corrected chi connectivity index (χ2v) is 6.22. The highest BCUT2D eigenvalue weighted by molar-refractivity contribution is 5.95. The summed E-state index contributed by atoms with van der Waals surface area (Å²) in [6.45, 7) is 4.84. The molecule has 130 valence electrons. The minimum absolute atomic E-state index is 0.0250. The van der Waals surface area contributed by atoms with E-state index in [0.29, 0.717) is 13.0 Å². The Morgan fingerprint density at radius 2 is 1.18 bits per heavy atom. The third-order valence-electron chi connectivity index (χ3n) is 3.91. The van der Waals surface area contributed by atoms with Gasteiger partial charge >= 0.3 is 5.97 Å². The summed E-state index contributed by atoms with van der Waals surface area (Å²) in [6.07, 6.45) is 14.6. The van der Waals surface area contributed by atoms with E-state index < -0.39 is 0 Å². The SMILES string of the molecule is CCCCCCCCCCOC(=O)CC(=O)CCCCCC. The number of Topliss-reactive ketones (excluding diaryl/α,β-unsaturated/α-hetero) is 1. The predicted molar refractivity (Wildman–Crippen MR) is 92.0 cm³/mol. The van der Waals surface area contributed by atoms with E-state index in [4.69, 9.17) is 4.74 Å². The summed E-state index contributed by atoms with van der Waals surface area (Å²) >= 11 is 0. The topological polar surface area (TPSA) is 43.4 Å². The first-order valence-electron chi connectivity index (χ1n) is 9.38. The molecule has 0 bridgehead atoms. The van der Waals surface area contributed by atoms with E-state index in [1.807, 2.05) is 0 Å². The minimum atomic E-state index is -0.344. The fourth-order valence-corrected chi connectivity index (χ4v) is 2.47. The van der Waals surface area contributed by atoms with Crippen LogP contribution in [0.5, 0.6) is 0 Å². The molecule has 0 spiro atoms. The number of hydrogen-bond donors (Lipinski definition) is 0. The lowest BCUT2D eigenvalue weighted by Gasteiger charge is -2.05. The molecule has 0 saturated heterocycles. The van der Waals surface area contributed by atoms with Crippen LogP contribution in [-0.2, 0) is 14.3 Å². The van der Waals surface area contributed by atoms with Crippen LogP contribution in [0.25, 0.3) is 0 Å². The molecule has 0 aromatic heterocycles. The van der Waals surface area contributed by atoms with Crippen molar-refractivity contribution in [3.8, 4) is 0 Å². The minimum Gasteiger partial charge on any atom is -0.465 e. The Balaban J connectivity index is 3.33. The van der Waals surface area contributed by atoms with Crippen molar-refractivity contribution in [2.75, 3.05) is 6.61 Å². The molecule has 0 aromatic rings. The summed E-state index contributed by atoms with van der Waals surface area (Å²) in [5, 5.41) is 0. The highest BCUT2D eigenvalue weighted by Gasteiger charge is 2.10. The maximum atomic E-state index is 11.6. The van der Waals surface area contributed by atoms with Crippen LogP contribution in [0.2, 0.25) is 0 Å². The Kier molecular flexibility index (Phi) is 15.9. The maximum absolute atomic E-state index is 11.6. The van der Waals surface area contributed by atoms with Crippen LogP contribution in [-0.4, -0.2) is 18.4 Å². The van der Waals surface area contributed by atoms with Gasteiger partial charge in [0.1, 0.15) is 12.2 Å². The number of carbonyl (C=O) groups excluding carboxylic acids is 2. The molecule has 3 nitrogen and oxygen atoms in total. The van der Waals surface area contributed by atoms with Gasteiger partial charge in [0, 0.05) is 6.42 Å². The number of rotatable bonds is 16. The van der Waals surface area contributed by atoms with Crippen molar-refractivity contribution in [1.29, 1.82) is 0 Å². The smallest absolute Gasteiger partial charge is 0.313 e. The number of esters is 1. The molecule has 0 unspecified atom stereocenters. The van der Waals surface area contributed by atoms with E-state index in [2.05, 4.69) is 13.8 Å². The highest BCUT2D eigenvalue weighted by Crippen LogP contribution is 2.09. The van der Waals surface area contributed by atoms with Crippen LogP contribution >= 0.6 is 0 Å². The lowest BCUT2D eigenvalue weighted by atomic mass is 10.1. The van der Waals surface area contributed by atoms with E-state index in [9.17, 15) is 9.59 Å². The van der Waals surface area contributed by atoms with Crippen molar-refractivity contribution in [3.05, 3.63) is 0 Å². The van der Waals surface area contributed by atoms with Gasteiger partial charge in [-0.2, -0.15) is 0 Å². The molecule has 0 atom stereocenters. The first kappa shape index (κ1) is 21.1. The Hall–Kier alpha value is -0.860. The average molecular weight is 312 g/mol. The van der Waals surface area contributed by atoms with Gasteiger partial charge in [-0.05, 0) is 12.8 Å². The third kappa shape index (κ3) is 15.5. The molecule has 0 aliphatic carbocycles. The maximum Gasteiger partial charge on any atom is 0.313 e. The lowest BCUT2D eigenvalue weighted by Crippen LogP contribution is -2.12. The van der Waals surface area contributed by atoms with Gasteiger partial charge in [-0.3, -0.25) is 9.59 Å². The van der Waals surface area contributed by atoms with Crippen LogP contribution in [0.4, 0.5) is 0 Å². The zero-order valence-electron chi connectivity index (χ0n) is 14.8. The predicted octanol–water partition coefficient (Wildman–Crippen LogP) is 5.60. The quantitative estimate of drug-likeness (QED) is 0.212. The number of ether oxygens (including phenoxy) is 1. The van der Waals surface area contributed by atoms with Crippen molar-refractivity contribution in [2.45, 2.75) is 104 Å². The second-order valence-electron chi connectivity index (χ2n) is 6.22. The molecule has 0 N–H and O–H groups in total. The molecule has 22 heavy (non-hydrogen) atoms. The molecule has 0 radical (unpaired) electrons. The van der Waals surface area contributed by atoms with Gasteiger partial charge in [0.2, 0.25) is 0 Å². The molecular weight excluding hydrogens is 276 g/mol. The van der Waals surface area contributed by atoms with Gasteiger partial charge in [0.15, 0.2) is 0 Å². The number of hydrogen-bond acceptors (Lipinski definition) is 3. The van der Waals surface area contributed by atoms with Crippen molar-refractivity contribution in [2.24, 2.45) is 0 Å². The van der Waals surface area contributed by atoms with Crippen molar-refractivity contribution in [1.82, 2.24) is 0 Å². The number of unbranched alkanes of at least 4 members (excludes halogenated alkanes) is 10. The molecular formula is C19H36O3. The normalized spacial score (nSPS) is 10.6. The molecule has 0 amide bonds.